The molecule has 0 spiro atoms. The Bertz CT molecular complexity index is 919. The summed E-state index contributed by atoms with van der Waals surface area (Å²) in [4.78, 5) is 27.3. The Labute approximate surface area is 216 Å². The zero-order valence-corrected chi connectivity index (χ0v) is 22.5. The van der Waals surface area contributed by atoms with E-state index in [0.29, 0.717) is 31.6 Å². The minimum Gasteiger partial charge on any atom is -0.465 e. The van der Waals surface area contributed by atoms with Gasteiger partial charge in [0.25, 0.3) is 0 Å². The van der Waals surface area contributed by atoms with Crippen LogP contribution in [0.15, 0.2) is 54.6 Å². The highest BCUT2D eigenvalue weighted by Gasteiger charge is 2.25. The summed E-state index contributed by atoms with van der Waals surface area (Å²) in [5.41, 5.74) is 2.03. The van der Waals surface area contributed by atoms with E-state index in [2.05, 4.69) is 4.90 Å². The van der Waals surface area contributed by atoms with Crippen molar-refractivity contribution in [3.05, 3.63) is 65.7 Å². The number of ether oxygens (including phenoxy) is 1. The molecular weight excluding hydrogens is 482 g/mol. The first-order chi connectivity index (χ1) is 16.8. The van der Waals surface area contributed by atoms with Crippen LogP contribution in [-0.4, -0.2) is 81.8 Å². The van der Waals surface area contributed by atoms with Crippen LogP contribution in [0.25, 0.3) is 0 Å². The second-order valence-corrected chi connectivity index (χ2v) is 10.2. The Kier molecular flexibility index (Phi) is 13.5. The maximum Gasteiger partial charge on any atom is 0.337 e. The first-order valence-corrected chi connectivity index (χ1v) is 13.7. The lowest BCUT2D eigenvalue weighted by molar-refractivity contribution is -0.130. The van der Waals surface area contributed by atoms with Gasteiger partial charge in [0.2, 0.25) is 5.91 Å². The summed E-state index contributed by atoms with van der Waals surface area (Å²) in [6.45, 7) is 9.66. The molecule has 2 aromatic rings. The topological polar surface area (TPSA) is 125 Å². The second-order valence-electron chi connectivity index (χ2n) is 8.10. The lowest BCUT2D eigenvalue weighted by Gasteiger charge is -2.45. The number of para-hydroxylation sites is 1. The summed E-state index contributed by atoms with van der Waals surface area (Å²) in [6.07, 6.45) is 0.632. The molecule has 0 aliphatic carbocycles. The van der Waals surface area contributed by atoms with Crippen LogP contribution in [0.2, 0.25) is 0 Å². The normalized spacial score (nSPS) is 14.1. The molecule has 10 heteroatoms. The van der Waals surface area contributed by atoms with Gasteiger partial charge in [-0.3, -0.25) is 23.1 Å². The van der Waals surface area contributed by atoms with Gasteiger partial charge in [0.15, 0.2) is 0 Å². The number of rotatable bonds is 9. The third-order valence-corrected chi connectivity index (χ3v) is 7.69. The van der Waals surface area contributed by atoms with E-state index < -0.39 is 16.7 Å². The van der Waals surface area contributed by atoms with Gasteiger partial charge in [-0.25, -0.2) is 4.79 Å². The van der Waals surface area contributed by atoms with Gasteiger partial charge in [-0.05, 0) is 42.8 Å². The number of hydrogen-bond donors (Lipinski definition) is 2. The maximum absolute atomic E-state index is 11.7. The Morgan fingerprint density at radius 2 is 1.56 bits per heavy atom. The molecule has 3 rings (SSSR count). The van der Waals surface area contributed by atoms with E-state index in [-0.39, 0.29) is 17.1 Å². The average Bonchev–Trinajstić information content (AvgIpc) is 2.89. The lowest BCUT2D eigenvalue weighted by atomic mass is 10.1. The van der Waals surface area contributed by atoms with E-state index >= 15 is 0 Å². The SMILES string of the molecule is CC.COC(=O)c1ccc(CN(c2ccccc2)S(O)(O)CCCN2CCN(C(C)=O)CC2)cc1.O. The highest BCUT2D eigenvalue weighted by Crippen LogP contribution is 2.47. The van der Waals surface area contributed by atoms with Gasteiger partial charge in [0, 0.05) is 33.1 Å². The van der Waals surface area contributed by atoms with Gasteiger partial charge in [0.1, 0.15) is 0 Å². The first-order valence-electron chi connectivity index (χ1n) is 12.0. The van der Waals surface area contributed by atoms with Crippen molar-refractivity contribution in [2.24, 2.45) is 0 Å². The molecule has 0 unspecified atom stereocenters. The molecule has 9 nitrogen and oxygen atoms in total. The van der Waals surface area contributed by atoms with Crippen LogP contribution < -0.4 is 4.31 Å². The van der Waals surface area contributed by atoms with Crippen molar-refractivity contribution in [1.29, 1.82) is 0 Å². The molecule has 4 N–H and O–H groups in total. The highest BCUT2D eigenvalue weighted by atomic mass is 32.3. The summed E-state index contributed by atoms with van der Waals surface area (Å²) < 4.78 is 28.7. The van der Waals surface area contributed by atoms with E-state index in [9.17, 15) is 18.7 Å². The van der Waals surface area contributed by atoms with Gasteiger partial charge in [-0.1, -0.05) is 44.2 Å². The van der Waals surface area contributed by atoms with Crippen molar-refractivity contribution in [2.75, 3.05) is 49.9 Å². The number of anilines is 1. The largest absolute Gasteiger partial charge is 0.465 e. The van der Waals surface area contributed by atoms with Crippen LogP contribution in [0.4, 0.5) is 5.69 Å². The molecule has 1 amide bonds. The molecule has 36 heavy (non-hydrogen) atoms. The molecule has 1 fully saturated rings. The van der Waals surface area contributed by atoms with Crippen LogP contribution >= 0.6 is 10.8 Å². The predicted octanol–water partition coefficient (Wildman–Crippen LogP) is 3.90. The number of carbonyl (C=O) groups excluding carboxylic acids is 2. The first kappa shape index (κ1) is 31.4. The monoisotopic (exact) mass is 523 g/mol. The zero-order chi connectivity index (χ0) is 25.8. The fraction of sp³-hybridized carbons (Fsp3) is 0.462. The van der Waals surface area contributed by atoms with Gasteiger partial charge >= 0.3 is 5.97 Å². The van der Waals surface area contributed by atoms with Crippen molar-refractivity contribution in [3.8, 4) is 0 Å². The van der Waals surface area contributed by atoms with Crippen LogP contribution in [0, 0.1) is 0 Å². The minimum atomic E-state index is -3.08. The summed E-state index contributed by atoms with van der Waals surface area (Å²) in [5.74, 6) is -0.0634. The minimum absolute atomic E-state index is 0. The fourth-order valence-electron chi connectivity index (χ4n) is 3.87. The van der Waals surface area contributed by atoms with E-state index in [1.54, 1.807) is 35.5 Å². The van der Waals surface area contributed by atoms with Crippen LogP contribution in [-0.2, 0) is 16.1 Å². The number of carbonyl (C=O) groups is 2. The van der Waals surface area contributed by atoms with Gasteiger partial charge in [0.05, 0.1) is 30.7 Å². The Morgan fingerprint density at radius 3 is 2.08 bits per heavy atom. The number of amides is 1. The van der Waals surface area contributed by atoms with Gasteiger partial charge < -0.3 is 15.1 Å². The molecule has 1 saturated heterocycles. The smallest absolute Gasteiger partial charge is 0.337 e. The summed E-state index contributed by atoms with van der Waals surface area (Å²) >= 11 is 0. The molecule has 1 aliphatic rings. The van der Waals surface area contributed by atoms with Crippen molar-refractivity contribution < 1.29 is 28.9 Å². The number of nitrogens with zero attached hydrogens (tertiary/aromatic N) is 3. The summed E-state index contributed by atoms with van der Waals surface area (Å²) in [5, 5.41) is 0. The number of methoxy groups -OCH3 is 1. The van der Waals surface area contributed by atoms with Crippen LogP contribution in [0.5, 0.6) is 0 Å². The van der Waals surface area contributed by atoms with Crippen LogP contribution in [0.1, 0.15) is 43.1 Å². The van der Waals surface area contributed by atoms with Gasteiger partial charge in [-0.15, -0.1) is 10.8 Å². The van der Waals surface area contributed by atoms with Crippen molar-refractivity contribution in [1.82, 2.24) is 9.80 Å². The molecule has 1 aliphatic heterocycles. The van der Waals surface area contributed by atoms with Crippen molar-refractivity contribution in [2.45, 2.75) is 33.7 Å². The molecule has 0 saturated carbocycles. The number of hydrogen-bond acceptors (Lipinski definition) is 7. The predicted molar refractivity (Wildman–Crippen MR) is 146 cm³/mol. The van der Waals surface area contributed by atoms with Gasteiger partial charge in [-0.2, -0.15) is 0 Å². The number of piperazine rings is 1. The number of benzene rings is 2. The van der Waals surface area contributed by atoms with E-state index in [0.717, 1.165) is 30.9 Å². The lowest BCUT2D eigenvalue weighted by Crippen LogP contribution is -2.48. The fourth-order valence-corrected chi connectivity index (χ4v) is 5.42. The molecular formula is C26H41N3O6S. The standard InChI is InChI=1S/C24H33N3O5S.C2H6.H2O/c1-20(28)26-16-14-25(15-17-26)13-6-18-33(30,31)27(23-7-4-3-5-8-23)19-21-9-11-22(12-10-21)24(29)32-2;1-2;/h3-5,7-12,30-31H,6,13-19H2,1-2H3;1-2H3;1H2. The molecule has 0 aromatic heterocycles. The average molecular weight is 524 g/mol. The van der Waals surface area contributed by atoms with E-state index in [1.165, 1.54) is 7.11 Å². The molecule has 0 atom stereocenters. The zero-order valence-electron chi connectivity index (χ0n) is 21.7. The molecule has 0 radical (unpaired) electrons. The van der Waals surface area contributed by atoms with Crippen molar-refractivity contribution >= 4 is 28.3 Å². The summed E-state index contributed by atoms with van der Waals surface area (Å²) in [6, 6.07) is 16.3. The second kappa shape index (κ2) is 15.5. The Hall–Kier alpha value is -2.63. The highest BCUT2D eigenvalue weighted by molar-refractivity contribution is 8.25. The Morgan fingerprint density at radius 1 is 0.972 bits per heavy atom. The Balaban J connectivity index is 0.00000211. The molecule has 2 aromatic carbocycles. The quantitative estimate of drug-likeness (QED) is 0.478. The summed E-state index contributed by atoms with van der Waals surface area (Å²) in [7, 11) is -1.74. The third-order valence-electron chi connectivity index (χ3n) is 5.81. The maximum atomic E-state index is 11.7. The molecule has 202 valence electrons. The third kappa shape index (κ3) is 9.11. The molecule has 1 heterocycles. The van der Waals surface area contributed by atoms with Crippen molar-refractivity contribution in [3.63, 3.8) is 0 Å². The molecule has 0 bridgehead atoms. The number of esters is 1. The van der Waals surface area contributed by atoms with E-state index in [1.807, 2.05) is 49.1 Å². The van der Waals surface area contributed by atoms with Crippen LogP contribution in [0.3, 0.4) is 0 Å². The van der Waals surface area contributed by atoms with E-state index in [4.69, 9.17) is 4.74 Å².